The fourth-order valence-electron chi connectivity index (χ4n) is 3.23. The lowest BCUT2D eigenvalue weighted by molar-refractivity contribution is -0.658. The number of fused-ring (bicyclic) bond motifs is 1. The molecule has 0 amide bonds. The molecule has 0 atom stereocenters. The Labute approximate surface area is 157 Å². The van der Waals surface area contributed by atoms with Crippen LogP contribution in [0.5, 0.6) is 0 Å². The number of rotatable bonds is 5. The SMILES string of the molecule is O=C(C[n+]1c(C(=O)c2ccccc2)ccc2ccccc21)c1ccccc1. The van der Waals surface area contributed by atoms with Gasteiger partial charge in [0.1, 0.15) is 0 Å². The Bertz CT molecular complexity index is 1120. The number of benzene rings is 3. The van der Waals surface area contributed by atoms with Crippen molar-refractivity contribution < 1.29 is 14.2 Å². The molecule has 0 spiro atoms. The number of para-hydroxylation sites is 1. The Balaban J connectivity index is 1.83. The van der Waals surface area contributed by atoms with Crippen molar-refractivity contribution in [1.29, 1.82) is 0 Å². The van der Waals surface area contributed by atoms with E-state index in [1.807, 2.05) is 71.3 Å². The van der Waals surface area contributed by atoms with Crippen LogP contribution in [0.1, 0.15) is 26.4 Å². The van der Waals surface area contributed by atoms with E-state index in [2.05, 4.69) is 0 Å². The van der Waals surface area contributed by atoms with Crippen molar-refractivity contribution in [3.63, 3.8) is 0 Å². The van der Waals surface area contributed by atoms with Crippen LogP contribution < -0.4 is 4.57 Å². The van der Waals surface area contributed by atoms with E-state index < -0.39 is 0 Å². The molecule has 1 aromatic heterocycles. The summed E-state index contributed by atoms with van der Waals surface area (Å²) < 4.78 is 1.82. The second-order valence-corrected chi connectivity index (χ2v) is 6.35. The monoisotopic (exact) mass is 352 g/mol. The normalized spacial score (nSPS) is 10.7. The van der Waals surface area contributed by atoms with Crippen LogP contribution in [-0.4, -0.2) is 11.6 Å². The van der Waals surface area contributed by atoms with Gasteiger partial charge < -0.3 is 0 Å². The number of carbonyl (C=O) groups is 2. The molecule has 0 aliphatic carbocycles. The van der Waals surface area contributed by atoms with E-state index in [-0.39, 0.29) is 18.1 Å². The number of aromatic nitrogens is 1. The number of ketones is 2. The maximum Gasteiger partial charge on any atom is 0.256 e. The average Bonchev–Trinajstić information content (AvgIpc) is 2.74. The van der Waals surface area contributed by atoms with Gasteiger partial charge in [-0.05, 0) is 12.1 Å². The first-order valence-corrected chi connectivity index (χ1v) is 8.83. The summed E-state index contributed by atoms with van der Waals surface area (Å²) in [4.78, 5) is 25.9. The lowest BCUT2D eigenvalue weighted by Crippen LogP contribution is -2.44. The van der Waals surface area contributed by atoms with Crippen molar-refractivity contribution in [2.24, 2.45) is 0 Å². The zero-order valence-corrected chi connectivity index (χ0v) is 14.7. The summed E-state index contributed by atoms with van der Waals surface area (Å²) in [6, 6.07) is 29.8. The summed E-state index contributed by atoms with van der Waals surface area (Å²) in [6.45, 7) is 0.110. The van der Waals surface area contributed by atoms with Crippen molar-refractivity contribution in [2.75, 3.05) is 0 Å². The summed E-state index contributed by atoms with van der Waals surface area (Å²) in [7, 11) is 0. The zero-order valence-electron chi connectivity index (χ0n) is 14.7. The predicted octanol–water partition coefficient (Wildman–Crippen LogP) is 4.24. The van der Waals surface area contributed by atoms with E-state index in [4.69, 9.17) is 0 Å². The molecule has 0 bridgehead atoms. The van der Waals surface area contributed by atoms with Gasteiger partial charge in [0.05, 0.1) is 0 Å². The van der Waals surface area contributed by atoms with Crippen LogP contribution in [0, 0.1) is 0 Å². The molecule has 1 heterocycles. The third-order valence-electron chi connectivity index (χ3n) is 4.61. The summed E-state index contributed by atoms with van der Waals surface area (Å²) >= 11 is 0. The smallest absolute Gasteiger partial charge is 0.256 e. The van der Waals surface area contributed by atoms with Crippen molar-refractivity contribution in [2.45, 2.75) is 6.54 Å². The molecule has 27 heavy (non-hydrogen) atoms. The van der Waals surface area contributed by atoms with Crippen molar-refractivity contribution in [3.8, 4) is 0 Å². The molecule has 0 radical (unpaired) electrons. The van der Waals surface area contributed by atoms with Crippen LogP contribution in [-0.2, 0) is 6.54 Å². The molecule has 130 valence electrons. The molecule has 3 heteroatoms. The number of hydrogen-bond acceptors (Lipinski definition) is 2. The summed E-state index contributed by atoms with van der Waals surface area (Å²) in [6.07, 6.45) is 0. The number of pyridine rings is 1. The standard InChI is InChI=1S/C24H18NO2/c26-23(19-10-3-1-4-11-19)17-25-21-14-8-7-9-18(21)15-16-22(25)24(27)20-12-5-2-6-13-20/h1-16H,17H2/q+1. The van der Waals surface area contributed by atoms with Crippen LogP contribution in [0.3, 0.4) is 0 Å². The Morgan fingerprint density at radius 2 is 1.22 bits per heavy atom. The van der Waals surface area contributed by atoms with Crippen LogP contribution in [0.2, 0.25) is 0 Å². The Kier molecular flexibility index (Phi) is 4.58. The second-order valence-electron chi connectivity index (χ2n) is 6.35. The lowest BCUT2D eigenvalue weighted by atomic mass is 10.0. The zero-order chi connectivity index (χ0) is 18.6. The topological polar surface area (TPSA) is 38.0 Å². The minimum atomic E-state index is -0.0952. The van der Waals surface area contributed by atoms with Crippen molar-refractivity contribution >= 4 is 22.5 Å². The molecule has 0 saturated carbocycles. The molecule has 0 aliphatic heterocycles. The molecule has 0 aliphatic rings. The third kappa shape index (κ3) is 3.40. The fourth-order valence-corrected chi connectivity index (χ4v) is 3.23. The van der Waals surface area contributed by atoms with Gasteiger partial charge in [0.15, 0.2) is 0 Å². The molecular formula is C24H18NO2+. The average molecular weight is 352 g/mol. The van der Waals surface area contributed by atoms with E-state index >= 15 is 0 Å². The summed E-state index contributed by atoms with van der Waals surface area (Å²) in [5.41, 5.74) is 2.61. The Morgan fingerprint density at radius 1 is 0.630 bits per heavy atom. The lowest BCUT2D eigenvalue weighted by Gasteiger charge is -2.07. The van der Waals surface area contributed by atoms with E-state index in [9.17, 15) is 9.59 Å². The first-order valence-electron chi connectivity index (χ1n) is 8.83. The van der Waals surface area contributed by atoms with Crippen molar-refractivity contribution in [1.82, 2.24) is 0 Å². The van der Waals surface area contributed by atoms with Crippen molar-refractivity contribution in [3.05, 3.63) is 114 Å². The molecule has 4 rings (SSSR count). The first kappa shape index (κ1) is 16.9. The first-order chi connectivity index (χ1) is 13.2. The van der Waals surface area contributed by atoms with Gasteiger partial charge in [0.2, 0.25) is 17.8 Å². The van der Waals surface area contributed by atoms with Gasteiger partial charge in [-0.15, -0.1) is 0 Å². The van der Waals surface area contributed by atoms with Gasteiger partial charge in [0.25, 0.3) is 11.5 Å². The van der Waals surface area contributed by atoms with Crippen LogP contribution in [0.25, 0.3) is 10.9 Å². The predicted molar refractivity (Wildman–Crippen MR) is 105 cm³/mol. The molecular weight excluding hydrogens is 334 g/mol. The molecule has 0 unspecified atom stereocenters. The maximum atomic E-state index is 13.1. The van der Waals surface area contributed by atoms with E-state index in [0.717, 1.165) is 10.9 Å². The molecule has 3 aromatic carbocycles. The Hall–Kier alpha value is -3.59. The summed E-state index contributed by atoms with van der Waals surface area (Å²) in [5.74, 6) is -0.124. The van der Waals surface area contributed by atoms with E-state index in [1.165, 1.54) is 0 Å². The largest absolute Gasteiger partial charge is 0.287 e. The van der Waals surface area contributed by atoms with E-state index in [1.54, 1.807) is 30.3 Å². The highest BCUT2D eigenvalue weighted by Gasteiger charge is 2.25. The number of carbonyl (C=O) groups excluding carboxylic acids is 2. The molecule has 0 N–H and O–H groups in total. The number of hydrogen-bond donors (Lipinski definition) is 0. The summed E-state index contributed by atoms with van der Waals surface area (Å²) in [5, 5.41) is 0.989. The highest BCUT2D eigenvalue weighted by atomic mass is 16.1. The van der Waals surface area contributed by atoms with E-state index in [0.29, 0.717) is 16.8 Å². The van der Waals surface area contributed by atoms with Gasteiger partial charge >= 0.3 is 0 Å². The van der Waals surface area contributed by atoms with Crippen LogP contribution in [0.15, 0.2) is 97.1 Å². The third-order valence-corrected chi connectivity index (χ3v) is 4.61. The minimum absolute atomic E-state index is 0.0286. The van der Waals surface area contributed by atoms with Gasteiger partial charge in [0, 0.05) is 28.6 Å². The van der Waals surface area contributed by atoms with Gasteiger partial charge in [-0.2, -0.15) is 4.57 Å². The number of nitrogens with zero attached hydrogens (tertiary/aromatic N) is 1. The molecule has 0 saturated heterocycles. The highest BCUT2D eigenvalue weighted by Crippen LogP contribution is 2.14. The minimum Gasteiger partial charge on any atom is -0.287 e. The molecule has 4 aromatic rings. The number of Topliss-reactive ketones (excluding diaryl/α,β-unsaturated/α-hetero) is 1. The quantitative estimate of drug-likeness (QED) is 0.398. The van der Waals surface area contributed by atoms with Gasteiger partial charge in [-0.25, -0.2) is 0 Å². The van der Waals surface area contributed by atoms with Gasteiger partial charge in [-0.1, -0.05) is 72.8 Å². The van der Waals surface area contributed by atoms with Gasteiger partial charge in [-0.3, -0.25) is 9.59 Å². The fraction of sp³-hybridized carbons (Fsp3) is 0.0417. The molecule has 0 fully saturated rings. The second kappa shape index (κ2) is 7.34. The van der Waals surface area contributed by atoms with Crippen LogP contribution >= 0.6 is 0 Å². The maximum absolute atomic E-state index is 13.1. The highest BCUT2D eigenvalue weighted by molar-refractivity contribution is 6.07. The van der Waals surface area contributed by atoms with Crippen LogP contribution in [0.4, 0.5) is 0 Å². The Morgan fingerprint density at radius 3 is 1.93 bits per heavy atom. The molecule has 3 nitrogen and oxygen atoms in total.